The highest BCUT2D eigenvalue weighted by Crippen LogP contribution is 2.30. The third kappa shape index (κ3) is 3.14. The molecule has 0 aliphatic carbocycles. The molecular weight excluding hydrogens is 306 g/mol. The lowest BCUT2D eigenvalue weighted by atomic mass is 10.1. The van der Waals surface area contributed by atoms with Crippen molar-refractivity contribution in [2.24, 2.45) is 0 Å². The van der Waals surface area contributed by atoms with Gasteiger partial charge in [-0.1, -0.05) is 17.4 Å². The SMILES string of the molecule is CC(NC(=O)Nc1nncs1)c1ccc2c(c1)NC(=O)CO2. The molecule has 3 rings (SSSR count). The van der Waals surface area contributed by atoms with Crippen LogP contribution in [0.2, 0.25) is 0 Å². The number of carbonyl (C=O) groups excluding carboxylic acids is 2. The Hall–Kier alpha value is -2.68. The zero-order valence-electron chi connectivity index (χ0n) is 11.6. The minimum atomic E-state index is -0.373. The Morgan fingerprint density at radius 3 is 3.14 bits per heavy atom. The van der Waals surface area contributed by atoms with E-state index >= 15 is 0 Å². The highest BCUT2D eigenvalue weighted by Gasteiger charge is 2.18. The van der Waals surface area contributed by atoms with E-state index in [9.17, 15) is 9.59 Å². The Bertz CT molecular complexity index is 704. The van der Waals surface area contributed by atoms with Crippen LogP contribution < -0.4 is 20.7 Å². The zero-order valence-corrected chi connectivity index (χ0v) is 12.4. The van der Waals surface area contributed by atoms with Gasteiger partial charge < -0.3 is 15.4 Å². The van der Waals surface area contributed by atoms with Crippen LogP contribution in [0.15, 0.2) is 23.7 Å². The van der Waals surface area contributed by atoms with Crippen molar-refractivity contribution in [2.75, 3.05) is 17.2 Å². The topological polar surface area (TPSA) is 105 Å². The van der Waals surface area contributed by atoms with E-state index in [0.717, 1.165) is 5.56 Å². The second-order valence-corrected chi connectivity index (χ2v) is 5.49. The monoisotopic (exact) mass is 319 g/mol. The van der Waals surface area contributed by atoms with Crippen molar-refractivity contribution >= 4 is 34.1 Å². The largest absolute Gasteiger partial charge is 0.482 e. The van der Waals surface area contributed by atoms with E-state index in [1.54, 1.807) is 12.1 Å². The number of hydrogen-bond acceptors (Lipinski definition) is 6. The van der Waals surface area contributed by atoms with Crippen LogP contribution in [0.5, 0.6) is 5.75 Å². The first-order valence-electron chi connectivity index (χ1n) is 6.52. The van der Waals surface area contributed by atoms with E-state index in [4.69, 9.17) is 4.74 Å². The smallest absolute Gasteiger partial charge is 0.321 e. The molecule has 1 unspecified atom stereocenters. The summed E-state index contributed by atoms with van der Waals surface area (Å²) in [4.78, 5) is 23.2. The lowest BCUT2D eigenvalue weighted by Crippen LogP contribution is -2.31. The Morgan fingerprint density at radius 2 is 2.36 bits per heavy atom. The maximum Gasteiger partial charge on any atom is 0.321 e. The molecule has 22 heavy (non-hydrogen) atoms. The number of fused-ring (bicyclic) bond motifs is 1. The number of carbonyl (C=O) groups is 2. The van der Waals surface area contributed by atoms with Gasteiger partial charge in [-0.15, -0.1) is 10.2 Å². The average molecular weight is 319 g/mol. The Labute approximate surface area is 129 Å². The minimum absolute atomic E-state index is 0.0183. The Kier molecular flexibility index (Phi) is 3.88. The van der Waals surface area contributed by atoms with Gasteiger partial charge in [0.15, 0.2) is 6.61 Å². The zero-order chi connectivity index (χ0) is 15.5. The number of amides is 3. The summed E-state index contributed by atoms with van der Waals surface area (Å²) in [6, 6.07) is 4.76. The van der Waals surface area contributed by atoms with Crippen LogP contribution in [-0.2, 0) is 4.79 Å². The summed E-state index contributed by atoms with van der Waals surface area (Å²) in [5.74, 6) is 0.424. The summed E-state index contributed by atoms with van der Waals surface area (Å²) in [5, 5.41) is 15.9. The third-order valence-electron chi connectivity index (χ3n) is 3.06. The van der Waals surface area contributed by atoms with Crippen LogP contribution >= 0.6 is 11.3 Å². The van der Waals surface area contributed by atoms with Crippen molar-refractivity contribution in [1.82, 2.24) is 15.5 Å². The molecule has 1 aliphatic rings. The molecule has 2 heterocycles. The van der Waals surface area contributed by atoms with Crippen molar-refractivity contribution in [2.45, 2.75) is 13.0 Å². The van der Waals surface area contributed by atoms with Gasteiger partial charge in [0.2, 0.25) is 5.13 Å². The predicted molar refractivity (Wildman–Crippen MR) is 81.0 cm³/mol. The Morgan fingerprint density at radius 1 is 1.50 bits per heavy atom. The van der Waals surface area contributed by atoms with Crippen LogP contribution in [0.4, 0.5) is 15.6 Å². The predicted octanol–water partition coefficient (Wildman–Crippen LogP) is 1.75. The van der Waals surface area contributed by atoms with Crippen molar-refractivity contribution in [3.63, 3.8) is 0 Å². The number of nitrogens with one attached hydrogen (secondary N) is 3. The number of aromatic nitrogens is 2. The molecule has 9 heteroatoms. The molecular formula is C13H13N5O3S. The first-order chi connectivity index (χ1) is 10.6. The van der Waals surface area contributed by atoms with Gasteiger partial charge in [-0.2, -0.15) is 0 Å². The summed E-state index contributed by atoms with van der Waals surface area (Å²) in [5.41, 5.74) is 2.98. The number of anilines is 2. The third-order valence-corrected chi connectivity index (χ3v) is 3.67. The molecule has 0 fully saturated rings. The van der Waals surface area contributed by atoms with Crippen molar-refractivity contribution in [1.29, 1.82) is 0 Å². The highest BCUT2D eigenvalue weighted by molar-refractivity contribution is 7.13. The Balaban J connectivity index is 1.67. The molecule has 1 atom stereocenters. The van der Waals surface area contributed by atoms with E-state index in [-0.39, 0.29) is 24.6 Å². The number of benzene rings is 1. The van der Waals surface area contributed by atoms with E-state index in [0.29, 0.717) is 16.6 Å². The normalized spacial score (nSPS) is 14.3. The summed E-state index contributed by atoms with van der Waals surface area (Å²) in [6.07, 6.45) is 0. The minimum Gasteiger partial charge on any atom is -0.482 e. The van der Waals surface area contributed by atoms with Gasteiger partial charge in [-0.3, -0.25) is 10.1 Å². The fraction of sp³-hybridized carbons (Fsp3) is 0.231. The van der Waals surface area contributed by atoms with Crippen LogP contribution in [0.1, 0.15) is 18.5 Å². The molecule has 1 aromatic carbocycles. The van der Waals surface area contributed by atoms with E-state index in [1.165, 1.54) is 16.8 Å². The second kappa shape index (κ2) is 5.98. The molecule has 114 valence electrons. The summed E-state index contributed by atoms with van der Waals surface area (Å²) >= 11 is 1.23. The van der Waals surface area contributed by atoms with Crippen molar-refractivity contribution in [3.8, 4) is 5.75 Å². The summed E-state index contributed by atoms with van der Waals surface area (Å²) in [6.45, 7) is 1.86. The molecule has 0 bridgehead atoms. The van der Waals surface area contributed by atoms with Gasteiger partial charge in [0.25, 0.3) is 5.91 Å². The first-order valence-corrected chi connectivity index (χ1v) is 7.40. The molecule has 1 aromatic heterocycles. The molecule has 2 aromatic rings. The molecule has 8 nitrogen and oxygen atoms in total. The average Bonchev–Trinajstić information content (AvgIpc) is 2.99. The fourth-order valence-electron chi connectivity index (χ4n) is 2.01. The molecule has 0 saturated carbocycles. The molecule has 0 spiro atoms. The van der Waals surface area contributed by atoms with Gasteiger partial charge in [-0.05, 0) is 24.6 Å². The van der Waals surface area contributed by atoms with E-state index < -0.39 is 0 Å². The maximum absolute atomic E-state index is 11.9. The molecule has 1 aliphatic heterocycles. The number of urea groups is 1. The maximum atomic E-state index is 11.9. The lowest BCUT2D eigenvalue weighted by molar-refractivity contribution is -0.118. The number of nitrogens with zero attached hydrogens (tertiary/aromatic N) is 2. The van der Waals surface area contributed by atoms with Crippen LogP contribution in [0, 0.1) is 0 Å². The van der Waals surface area contributed by atoms with Crippen LogP contribution in [-0.4, -0.2) is 28.7 Å². The van der Waals surface area contributed by atoms with E-state index in [1.807, 2.05) is 13.0 Å². The number of ether oxygens (including phenoxy) is 1. The number of hydrogen-bond donors (Lipinski definition) is 3. The van der Waals surface area contributed by atoms with Gasteiger partial charge in [0.1, 0.15) is 11.3 Å². The fourth-order valence-corrected chi connectivity index (χ4v) is 2.45. The van der Waals surface area contributed by atoms with Gasteiger partial charge in [-0.25, -0.2) is 4.79 Å². The highest BCUT2D eigenvalue weighted by atomic mass is 32.1. The van der Waals surface area contributed by atoms with Crippen molar-refractivity contribution in [3.05, 3.63) is 29.3 Å². The van der Waals surface area contributed by atoms with Gasteiger partial charge >= 0.3 is 6.03 Å². The van der Waals surface area contributed by atoms with Crippen LogP contribution in [0.3, 0.4) is 0 Å². The second-order valence-electron chi connectivity index (χ2n) is 4.66. The van der Waals surface area contributed by atoms with Gasteiger partial charge in [0, 0.05) is 0 Å². The van der Waals surface area contributed by atoms with Gasteiger partial charge in [0.05, 0.1) is 11.7 Å². The summed E-state index contributed by atoms with van der Waals surface area (Å²) in [7, 11) is 0. The quantitative estimate of drug-likeness (QED) is 0.799. The lowest BCUT2D eigenvalue weighted by Gasteiger charge is -2.20. The molecule has 3 amide bonds. The first kappa shape index (κ1) is 14.3. The summed E-state index contributed by atoms with van der Waals surface area (Å²) < 4.78 is 5.30. The van der Waals surface area contributed by atoms with E-state index in [2.05, 4.69) is 26.1 Å². The van der Waals surface area contributed by atoms with Crippen molar-refractivity contribution < 1.29 is 14.3 Å². The molecule has 0 radical (unpaired) electrons. The molecule has 3 N–H and O–H groups in total. The number of rotatable bonds is 3. The molecule has 0 saturated heterocycles. The van der Waals surface area contributed by atoms with Crippen LogP contribution in [0.25, 0.3) is 0 Å². The standard InChI is InChI=1S/C13H13N5O3S/c1-7(15-12(20)17-13-18-14-6-22-13)8-2-3-10-9(4-8)16-11(19)5-21-10/h2-4,6-7H,5H2,1H3,(H,16,19)(H2,15,17,18,20).